The van der Waals surface area contributed by atoms with Crippen molar-refractivity contribution < 1.29 is 14.3 Å². The number of carbonyl (C=O) groups is 2. The fourth-order valence-electron chi connectivity index (χ4n) is 3.04. The van der Waals surface area contributed by atoms with E-state index in [0.717, 1.165) is 16.8 Å². The number of anilines is 2. The highest BCUT2D eigenvalue weighted by Gasteiger charge is 2.23. The van der Waals surface area contributed by atoms with Gasteiger partial charge in [0.25, 0.3) is 5.91 Å². The Morgan fingerprint density at radius 3 is 2.41 bits per heavy atom. The molecule has 1 amide bonds. The number of ether oxygens (including phenoxy) is 1. The lowest BCUT2D eigenvalue weighted by Gasteiger charge is -2.12. The lowest BCUT2D eigenvalue weighted by Crippen LogP contribution is -2.16. The van der Waals surface area contributed by atoms with Crippen LogP contribution in [0, 0.1) is 11.3 Å². The molecule has 2 aromatic carbocycles. The Kier molecular flexibility index (Phi) is 7.42. The number of amides is 1. The Bertz CT molecular complexity index is 1170. The molecule has 0 spiro atoms. The molecule has 0 atom stereocenters. The standard InChI is InChI=1S/C25H23N3O3S/c1-4-31-25(30)22-21(18-8-6-5-7-9-18)16-32-24(22)27-23(29)19(15-26)14-17-10-12-20(13-11-17)28(2)3/h5-14,16H,4H2,1-3H3,(H,27,29)/b19-14+. The molecule has 1 N–H and O–H groups in total. The van der Waals surface area contributed by atoms with Crippen molar-refractivity contribution in [3.05, 3.63) is 76.7 Å². The largest absolute Gasteiger partial charge is 0.462 e. The molecule has 0 saturated carbocycles. The van der Waals surface area contributed by atoms with Crippen LogP contribution in [0.15, 0.2) is 65.6 Å². The second kappa shape index (κ2) is 10.4. The van der Waals surface area contributed by atoms with Gasteiger partial charge >= 0.3 is 5.97 Å². The number of carbonyl (C=O) groups excluding carboxylic acids is 2. The average molecular weight is 446 g/mol. The molecule has 3 aromatic rings. The third-order valence-electron chi connectivity index (χ3n) is 4.67. The molecule has 0 aliphatic rings. The molecule has 32 heavy (non-hydrogen) atoms. The van der Waals surface area contributed by atoms with Gasteiger partial charge in [0.1, 0.15) is 22.2 Å². The molecule has 0 bridgehead atoms. The van der Waals surface area contributed by atoms with Crippen molar-refractivity contribution in [2.45, 2.75) is 6.92 Å². The molecular weight excluding hydrogens is 422 g/mol. The number of rotatable bonds is 7. The van der Waals surface area contributed by atoms with E-state index in [2.05, 4.69) is 5.32 Å². The van der Waals surface area contributed by atoms with Crippen LogP contribution in [-0.4, -0.2) is 32.6 Å². The summed E-state index contributed by atoms with van der Waals surface area (Å²) in [7, 11) is 3.87. The molecule has 6 nitrogen and oxygen atoms in total. The first-order valence-corrected chi connectivity index (χ1v) is 10.9. The van der Waals surface area contributed by atoms with Crippen LogP contribution in [0.2, 0.25) is 0 Å². The molecule has 0 aliphatic carbocycles. The van der Waals surface area contributed by atoms with Crippen molar-refractivity contribution in [1.82, 2.24) is 0 Å². The van der Waals surface area contributed by atoms with E-state index in [1.165, 1.54) is 17.4 Å². The summed E-state index contributed by atoms with van der Waals surface area (Å²) in [4.78, 5) is 27.5. The summed E-state index contributed by atoms with van der Waals surface area (Å²) in [5, 5.41) is 14.4. The minimum atomic E-state index is -0.587. The van der Waals surface area contributed by atoms with Crippen LogP contribution in [0.3, 0.4) is 0 Å². The maximum Gasteiger partial charge on any atom is 0.341 e. The topological polar surface area (TPSA) is 82.4 Å². The Balaban J connectivity index is 1.91. The first kappa shape index (κ1) is 22.8. The second-order valence-electron chi connectivity index (χ2n) is 7.05. The van der Waals surface area contributed by atoms with Gasteiger partial charge in [-0.05, 0) is 36.3 Å². The zero-order chi connectivity index (χ0) is 23.1. The second-order valence-corrected chi connectivity index (χ2v) is 7.93. The van der Waals surface area contributed by atoms with E-state index in [1.807, 2.05) is 79.7 Å². The quantitative estimate of drug-likeness (QED) is 0.307. The summed E-state index contributed by atoms with van der Waals surface area (Å²) in [5.74, 6) is -1.11. The maximum absolute atomic E-state index is 12.8. The number of hydrogen-bond acceptors (Lipinski definition) is 6. The number of nitriles is 1. The molecule has 0 fully saturated rings. The molecule has 1 aromatic heterocycles. The summed E-state index contributed by atoms with van der Waals surface area (Å²) in [6.45, 7) is 1.94. The van der Waals surface area contributed by atoms with Gasteiger partial charge < -0.3 is 15.0 Å². The summed E-state index contributed by atoms with van der Waals surface area (Å²) in [6, 6.07) is 18.8. The van der Waals surface area contributed by atoms with Gasteiger partial charge in [-0.15, -0.1) is 11.3 Å². The Morgan fingerprint density at radius 1 is 1.12 bits per heavy atom. The molecule has 0 aliphatic heterocycles. The normalized spacial score (nSPS) is 10.9. The molecular formula is C25H23N3O3S. The van der Waals surface area contributed by atoms with E-state index in [1.54, 1.807) is 12.3 Å². The molecule has 162 valence electrons. The highest BCUT2D eigenvalue weighted by Crippen LogP contribution is 2.36. The summed E-state index contributed by atoms with van der Waals surface area (Å²) in [6.07, 6.45) is 1.52. The van der Waals surface area contributed by atoms with E-state index in [0.29, 0.717) is 10.6 Å². The van der Waals surface area contributed by atoms with Gasteiger partial charge in [0, 0.05) is 30.7 Å². The third-order valence-corrected chi connectivity index (χ3v) is 5.56. The number of hydrogen-bond donors (Lipinski definition) is 1. The lowest BCUT2D eigenvalue weighted by atomic mass is 10.0. The summed E-state index contributed by atoms with van der Waals surface area (Å²) >= 11 is 1.22. The Labute approximate surface area is 191 Å². The van der Waals surface area contributed by atoms with Crippen LogP contribution >= 0.6 is 11.3 Å². The fourth-order valence-corrected chi connectivity index (χ4v) is 3.99. The van der Waals surface area contributed by atoms with Crippen molar-refractivity contribution in [2.75, 3.05) is 30.9 Å². The molecule has 0 radical (unpaired) electrons. The van der Waals surface area contributed by atoms with Crippen LogP contribution in [0.4, 0.5) is 10.7 Å². The molecule has 0 unspecified atom stereocenters. The van der Waals surface area contributed by atoms with Crippen molar-refractivity contribution in [2.24, 2.45) is 0 Å². The number of nitrogens with one attached hydrogen (secondary N) is 1. The van der Waals surface area contributed by atoms with E-state index in [-0.39, 0.29) is 17.7 Å². The fraction of sp³-hybridized carbons (Fsp3) is 0.160. The van der Waals surface area contributed by atoms with E-state index >= 15 is 0 Å². The SMILES string of the molecule is CCOC(=O)c1c(-c2ccccc2)csc1NC(=O)/C(C#N)=C/c1ccc(N(C)C)cc1. The number of benzene rings is 2. The summed E-state index contributed by atoms with van der Waals surface area (Å²) < 4.78 is 5.22. The van der Waals surface area contributed by atoms with Crippen LogP contribution in [0.25, 0.3) is 17.2 Å². The summed E-state index contributed by atoms with van der Waals surface area (Å²) in [5.41, 5.74) is 3.46. The van der Waals surface area contributed by atoms with Gasteiger partial charge in [0.15, 0.2) is 0 Å². The lowest BCUT2D eigenvalue weighted by molar-refractivity contribution is -0.112. The molecule has 7 heteroatoms. The number of nitrogens with zero attached hydrogens (tertiary/aromatic N) is 2. The Hall–Kier alpha value is -3.89. The molecule has 0 saturated heterocycles. The first-order chi connectivity index (χ1) is 15.4. The average Bonchev–Trinajstić information content (AvgIpc) is 3.22. The van der Waals surface area contributed by atoms with Crippen LogP contribution in [0.5, 0.6) is 0 Å². The highest BCUT2D eigenvalue weighted by molar-refractivity contribution is 7.15. The van der Waals surface area contributed by atoms with Crippen LogP contribution in [-0.2, 0) is 9.53 Å². The first-order valence-electron chi connectivity index (χ1n) is 9.99. The monoisotopic (exact) mass is 445 g/mol. The number of esters is 1. The zero-order valence-corrected chi connectivity index (χ0v) is 18.9. The number of thiophene rings is 1. The van der Waals surface area contributed by atoms with E-state index in [4.69, 9.17) is 4.74 Å². The van der Waals surface area contributed by atoms with Gasteiger partial charge in [0.05, 0.1) is 6.61 Å². The van der Waals surface area contributed by atoms with Crippen LogP contribution < -0.4 is 10.2 Å². The van der Waals surface area contributed by atoms with Crippen molar-refractivity contribution in [1.29, 1.82) is 5.26 Å². The zero-order valence-electron chi connectivity index (χ0n) is 18.1. The van der Waals surface area contributed by atoms with Gasteiger partial charge in [-0.2, -0.15) is 5.26 Å². The third kappa shape index (κ3) is 5.23. The van der Waals surface area contributed by atoms with Crippen molar-refractivity contribution >= 4 is 40.0 Å². The van der Waals surface area contributed by atoms with Gasteiger partial charge in [-0.25, -0.2) is 4.79 Å². The predicted molar refractivity (Wildman–Crippen MR) is 129 cm³/mol. The van der Waals surface area contributed by atoms with Gasteiger partial charge in [-0.3, -0.25) is 4.79 Å². The maximum atomic E-state index is 12.8. The van der Waals surface area contributed by atoms with E-state index in [9.17, 15) is 14.9 Å². The molecule has 1 heterocycles. The van der Waals surface area contributed by atoms with E-state index < -0.39 is 11.9 Å². The molecule has 3 rings (SSSR count). The minimum absolute atomic E-state index is 0.0629. The predicted octanol–water partition coefficient (Wildman–Crippen LogP) is 5.20. The Morgan fingerprint density at radius 2 is 1.81 bits per heavy atom. The van der Waals surface area contributed by atoms with Crippen LogP contribution in [0.1, 0.15) is 22.8 Å². The van der Waals surface area contributed by atoms with Gasteiger partial charge in [0.2, 0.25) is 0 Å². The van der Waals surface area contributed by atoms with Gasteiger partial charge in [-0.1, -0.05) is 42.5 Å². The smallest absolute Gasteiger partial charge is 0.341 e. The minimum Gasteiger partial charge on any atom is -0.462 e. The highest BCUT2D eigenvalue weighted by atomic mass is 32.1. The van der Waals surface area contributed by atoms with Crippen molar-refractivity contribution in [3.63, 3.8) is 0 Å². The van der Waals surface area contributed by atoms with Crippen molar-refractivity contribution in [3.8, 4) is 17.2 Å².